The summed E-state index contributed by atoms with van der Waals surface area (Å²) >= 11 is 0. The minimum Gasteiger partial charge on any atom is -0.497 e. The molecule has 2 rings (SSSR count). The molecule has 0 bridgehead atoms. The Morgan fingerprint density at radius 3 is 2.03 bits per heavy atom. The van der Waals surface area contributed by atoms with Crippen molar-refractivity contribution < 1.29 is 32.3 Å². The zero-order valence-corrected chi connectivity index (χ0v) is 17.0. The number of esters is 1. The molecule has 0 saturated heterocycles. The monoisotopic (exact) mass is 419 g/mol. The lowest BCUT2D eigenvalue weighted by molar-refractivity contribution is -0.144. The molecule has 0 spiro atoms. The normalized spacial score (nSPS) is 12.1. The van der Waals surface area contributed by atoms with Gasteiger partial charge in [-0.15, -0.1) is 0 Å². The van der Waals surface area contributed by atoms with Gasteiger partial charge in [0.2, 0.25) is 15.8 Å². The molecule has 0 saturated carbocycles. The quantitative estimate of drug-likeness (QED) is 0.488. The average Bonchev–Trinajstić information content (AvgIpc) is 2.72. The van der Waals surface area contributed by atoms with Crippen molar-refractivity contribution in [2.45, 2.75) is 24.8 Å². The minimum atomic E-state index is -3.97. The number of carbonyl (C=O) groups excluding carboxylic acids is 3. The highest BCUT2D eigenvalue weighted by Gasteiger charge is 2.21. The molecule has 0 unspecified atom stereocenters. The second-order valence-corrected chi connectivity index (χ2v) is 7.90. The molecule has 0 amide bonds. The molecule has 0 heterocycles. The van der Waals surface area contributed by atoms with Gasteiger partial charge >= 0.3 is 5.97 Å². The van der Waals surface area contributed by atoms with E-state index in [9.17, 15) is 22.8 Å². The molecule has 0 radical (unpaired) electrons. The third-order valence-electron chi connectivity index (χ3n) is 4.03. The maximum Gasteiger partial charge on any atom is 0.321 e. The first-order valence-electron chi connectivity index (χ1n) is 8.62. The van der Waals surface area contributed by atoms with Crippen molar-refractivity contribution in [3.63, 3.8) is 0 Å². The smallest absolute Gasteiger partial charge is 0.321 e. The van der Waals surface area contributed by atoms with Crippen molar-refractivity contribution in [3.8, 4) is 5.75 Å². The van der Waals surface area contributed by atoms with Gasteiger partial charge in [0.15, 0.2) is 11.9 Å². The largest absolute Gasteiger partial charge is 0.497 e. The number of methoxy groups -OCH3 is 1. The lowest BCUT2D eigenvalue weighted by atomic mass is 10.1. The molecule has 1 atom stereocenters. The van der Waals surface area contributed by atoms with E-state index in [0.29, 0.717) is 16.9 Å². The van der Waals surface area contributed by atoms with Crippen LogP contribution in [-0.2, 0) is 19.6 Å². The first kappa shape index (κ1) is 22.3. The molecule has 1 N–H and O–H groups in total. The molecule has 9 heteroatoms. The molecule has 29 heavy (non-hydrogen) atoms. The highest BCUT2D eigenvalue weighted by molar-refractivity contribution is 7.89. The summed E-state index contributed by atoms with van der Waals surface area (Å²) in [5.41, 5.74) is 0.700. The summed E-state index contributed by atoms with van der Waals surface area (Å²) in [6.07, 6.45) is -1.09. The number of ether oxygens (including phenoxy) is 2. The summed E-state index contributed by atoms with van der Waals surface area (Å²) in [6.45, 7) is 2.13. The third kappa shape index (κ3) is 5.97. The van der Waals surface area contributed by atoms with E-state index in [2.05, 4.69) is 4.72 Å². The second-order valence-electron chi connectivity index (χ2n) is 6.13. The molecule has 0 aromatic heterocycles. The van der Waals surface area contributed by atoms with Gasteiger partial charge < -0.3 is 9.47 Å². The number of hydrogen-bond donors (Lipinski definition) is 1. The Morgan fingerprint density at radius 2 is 1.52 bits per heavy atom. The van der Waals surface area contributed by atoms with Crippen LogP contribution in [0, 0.1) is 0 Å². The van der Waals surface area contributed by atoms with Crippen LogP contribution in [0.3, 0.4) is 0 Å². The summed E-state index contributed by atoms with van der Waals surface area (Å²) in [6, 6.07) is 11.6. The molecule has 8 nitrogen and oxygen atoms in total. The average molecular weight is 419 g/mol. The standard InChI is InChI=1S/C20H21NO7S/c1-13(22)15-6-10-18(11-7-15)29(25,26)21-12-19(23)28-14(2)20(24)16-4-8-17(27-3)9-5-16/h4-11,14,21H,12H2,1-3H3/t14-/m0/s1. The molecule has 0 aliphatic heterocycles. The molecule has 0 fully saturated rings. The van der Waals surface area contributed by atoms with E-state index in [-0.39, 0.29) is 10.7 Å². The van der Waals surface area contributed by atoms with Gasteiger partial charge in [0.05, 0.1) is 12.0 Å². The van der Waals surface area contributed by atoms with Gasteiger partial charge in [0.1, 0.15) is 12.3 Å². The van der Waals surface area contributed by atoms with Gasteiger partial charge in [-0.05, 0) is 50.2 Å². The van der Waals surface area contributed by atoms with Crippen LogP contribution in [0.25, 0.3) is 0 Å². The molecule has 2 aromatic carbocycles. The van der Waals surface area contributed by atoms with Gasteiger partial charge in [0.25, 0.3) is 0 Å². The van der Waals surface area contributed by atoms with Gasteiger partial charge in [-0.2, -0.15) is 4.72 Å². The highest BCUT2D eigenvalue weighted by Crippen LogP contribution is 2.14. The number of Topliss-reactive ketones (excluding diaryl/α,β-unsaturated/α-hetero) is 2. The van der Waals surface area contributed by atoms with Crippen molar-refractivity contribution in [1.29, 1.82) is 0 Å². The van der Waals surface area contributed by atoms with Crippen LogP contribution < -0.4 is 9.46 Å². The van der Waals surface area contributed by atoms with Crippen molar-refractivity contribution in [2.24, 2.45) is 0 Å². The number of carbonyl (C=O) groups is 3. The fourth-order valence-electron chi connectivity index (χ4n) is 2.39. The SMILES string of the molecule is COc1ccc(C(=O)[C@H](C)OC(=O)CNS(=O)(=O)c2ccc(C(C)=O)cc2)cc1. The number of hydrogen-bond acceptors (Lipinski definition) is 7. The fraction of sp³-hybridized carbons (Fsp3) is 0.250. The Balaban J connectivity index is 1.93. The van der Waals surface area contributed by atoms with Crippen molar-refractivity contribution in [2.75, 3.05) is 13.7 Å². The number of nitrogens with one attached hydrogen (secondary N) is 1. The molecule has 0 aliphatic rings. The second kappa shape index (κ2) is 9.44. The number of rotatable bonds is 9. The van der Waals surface area contributed by atoms with Crippen molar-refractivity contribution in [1.82, 2.24) is 4.72 Å². The van der Waals surface area contributed by atoms with Crippen LogP contribution >= 0.6 is 0 Å². The topological polar surface area (TPSA) is 116 Å². The molecular formula is C20H21NO7S. The van der Waals surface area contributed by atoms with Crippen molar-refractivity contribution >= 4 is 27.6 Å². The van der Waals surface area contributed by atoms with Crippen molar-refractivity contribution in [3.05, 3.63) is 59.7 Å². The number of sulfonamides is 1. The number of benzene rings is 2. The zero-order chi connectivity index (χ0) is 21.6. The number of ketones is 2. The summed E-state index contributed by atoms with van der Waals surface area (Å²) in [5.74, 6) is -0.940. The van der Waals surface area contributed by atoms with Crippen LogP contribution in [-0.4, -0.2) is 45.7 Å². The predicted molar refractivity (Wildman–Crippen MR) is 105 cm³/mol. The summed E-state index contributed by atoms with van der Waals surface area (Å²) in [5, 5.41) is 0. The fourth-order valence-corrected chi connectivity index (χ4v) is 3.36. The minimum absolute atomic E-state index is 0.0994. The predicted octanol–water partition coefficient (Wildman–Crippen LogP) is 1.99. The summed E-state index contributed by atoms with van der Waals surface area (Å²) in [4.78, 5) is 35.4. The van der Waals surface area contributed by atoms with Gasteiger partial charge in [-0.3, -0.25) is 14.4 Å². The molecular weight excluding hydrogens is 398 g/mol. The molecule has 0 aliphatic carbocycles. The van der Waals surface area contributed by atoms with Crippen LogP contribution in [0.1, 0.15) is 34.6 Å². The first-order valence-corrected chi connectivity index (χ1v) is 10.1. The van der Waals surface area contributed by atoms with E-state index >= 15 is 0 Å². The van der Waals surface area contributed by atoms with E-state index in [1.54, 1.807) is 24.3 Å². The van der Waals surface area contributed by atoms with Crippen LogP contribution in [0.15, 0.2) is 53.4 Å². The third-order valence-corrected chi connectivity index (χ3v) is 5.45. The first-order chi connectivity index (χ1) is 13.6. The Bertz CT molecular complexity index is 996. The molecule has 2 aromatic rings. The lowest BCUT2D eigenvalue weighted by Gasteiger charge is -2.13. The van der Waals surface area contributed by atoms with Gasteiger partial charge in [-0.1, -0.05) is 12.1 Å². The van der Waals surface area contributed by atoms with E-state index in [1.807, 2.05) is 0 Å². The Labute approximate surface area is 168 Å². The Kier molecular flexibility index (Phi) is 7.24. The zero-order valence-electron chi connectivity index (χ0n) is 16.2. The Morgan fingerprint density at radius 1 is 0.966 bits per heavy atom. The van der Waals surface area contributed by atoms with E-state index < -0.39 is 34.4 Å². The van der Waals surface area contributed by atoms with Gasteiger partial charge in [0, 0.05) is 11.1 Å². The van der Waals surface area contributed by atoms with Crippen LogP contribution in [0.5, 0.6) is 5.75 Å². The maximum atomic E-state index is 12.3. The van der Waals surface area contributed by atoms with E-state index in [1.165, 1.54) is 45.2 Å². The lowest BCUT2D eigenvalue weighted by Crippen LogP contribution is -2.34. The summed E-state index contributed by atoms with van der Waals surface area (Å²) in [7, 11) is -2.47. The Hall–Kier alpha value is -3.04. The summed E-state index contributed by atoms with van der Waals surface area (Å²) < 4.78 is 36.6. The highest BCUT2D eigenvalue weighted by atomic mass is 32.2. The van der Waals surface area contributed by atoms with Gasteiger partial charge in [-0.25, -0.2) is 8.42 Å². The van der Waals surface area contributed by atoms with Crippen LogP contribution in [0.4, 0.5) is 0 Å². The van der Waals surface area contributed by atoms with E-state index in [0.717, 1.165) is 0 Å². The van der Waals surface area contributed by atoms with Crippen LogP contribution in [0.2, 0.25) is 0 Å². The molecule has 154 valence electrons. The van der Waals surface area contributed by atoms with E-state index in [4.69, 9.17) is 9.47 Å². The maximum absolute atomic E-state index is 12.3.